The maximum Gasteiger partial charge on any atom is 0.285 e. The number of carbonyl (C=O) groups is 1. The molecule has 1 heterocycles. The lowest BCUT2D eigenvalue weighted by molar-refractivity contribution is -0.176. The predicted octanol–water partition coefficient (Wildman–Crippen LogP) is 2.59. The van der Waals surface area contributed by atoms with Crippen LogP contribution in [0.25, 0.3) is 0 Å². The van der Waals surface area contributed by atoms with Crippen molar-refractivity contribution in [2.45, 2.75) is 58.2 Å². The zero-order valence-corrected chi connectivity index (χ0v) is 14.4. The molecule has 23 heavy (non-hydrogen) atoms. The molecule has 1 aliphatic carbocycles. The summed E-state index contributed by atoms with van der Waals surface area (Å²) >= 11 is 0. The van der Waals surface area contributed by atoms with E-state index in [0.29, 0.717) is 24.2 Å². The van der Waals surface area contributed by atoms with E-state index in [-0.39, 0.29) is 18.4 Å². The van der Waals surface area contributed by atoms with Gasteiger partial charge in [0, 0.05) is 26.2 Å². The molecule has 5 nitrogen and oxygen atoms in total. The lowest BCUT2D eigenvalue weighted by Crippen LogP contribution is -2.41. The van der Waals surface area contributed by atoms with Crippen molar-refractivity contribution in [2.75, 3.05) is 20.3 Å². The zero-order valence-electron chi connectivity index (χ0n) is 14.4. The number of hydrogen-bond donors (Lipinski definition) is 2. The predicted molar refractivity (Wildman–Crippen MR) is 88.5 cm³/mol. The fourth-order valence-corrected chi connectivity index (χ4v) is 3.97. The average Bonchev–Trinajstić information content (AvgIpc) is 2.60. The van der Waals surface area contributed by atoms with Gasteiger partial charge in [0.05, 0.1) is 0 Å². The number of rotatable bonds is 7. The molecule has 1 aliphatic heterocycles. The molecule has 0 spiro atoms. The summed E-state index contributed by atoms with van der Waals surface area (Å²) in [5.74, 6) is 1.29. The van der Waals surface area contributed by atoms with Crippen molar-refractivity contribution in [2.24, 2.45) is 17.8 Å². The van der Waals surface area contributed by atoms with Crippen molar-refractivity contribution >= 4 is 5.91 Å². The Kier molecular flexibility index (Phi) is 7.37. The van der Waals surface area contributed by atoms with Crippen molar-refractivity contribution in [3.8, 4) is 0 Å². The molecule has 2 rings (SSSR count). The first kappa shape index (κ1) is 18.3. The Morgan fingerprint density at radius 3 is 2.74 bits per heavy atom. The number of allylic oxidation sites excluding steroid dienone is 1. The molecule has 132 valence electrons. The Bertz CT molecular complexity index is 404. The number of ether oxygens (including phenoxy) is 2. The summed E-state index contributed by atoms with van der Waals surface area (Å²) in [5, 5.41) is 11.9. The smallest absolute Gasteiger partial charge is 0.285 e. The third-order valence-electron chi connectivity index (χ3n) is 5.10. The summed E-state index contributed by atoms with van der Waals surface area (Å²) in [7, 11) is 1.62. The highest BCUT2D eigenvalue weighted by Crippen LogP contribution is 2.42. The monoisotopic (exact) mass is 325 g/mol. The minimum absolute atomic E-state index is 0.179. The highest BCUT2D eigenvalue weighted by atomic mass is 16.7. The second-order valence-corrected chi connectivity index (χ2v) is 6.56. The number of carbonyl (C=O) groups excluding carboxylic acids is 1. The van der Waals surface area contributed by atoms with Crippen LogP contribution >= 0.6 is 0 Å². The number of aliphatic hydroxyl groups is 1. The molecule has 1 saturated carbocycles. The summed E-state index contributed by atoms with van der Waals surface area (Å²) in [6.45, 7) is 2.68. The van der Waals surface area contributed by atoms with E-state index in [9.17, 15) is 9.90 Å². The van der Waals surface area contributed by atoms with Crippen LogP contribution in [-0.4, -0.2) is 37.6 Å². The van der Waals surface area contributed by atoms with E-state index in [1.165, 1.54) is 32.1 Å². The second kappa shape index (κ2) is 9.28. The first-order chi connectivity index (χ1) is 11.2. The number of nitrogens with one attached hydrogen (secondary N) is 1. The quantitative estimate of drug-likeness (QED) is 0.755. The normalized spacial score (nSPS) is 28.8. The van der Waals surface area contributed by atoms with Crippen LogP contribution < -0.4 is 5.32 Å². The van der Waals surface area contributed by atoms with Gasteiger partial charge in [0.25, 0.3) is 5.91 Å². The molecule has 0 aromatic carbocycles. The Morgan fingerprint density at radius 2 is 2.13 bits per heavy atom. The molecule has 1 amide bonds. The molecule has 0 aromatic heterocycles. The maximum atomic E-state index is 12.1. The van der Waals surface area contributed by atoms with Crippen LogP contribution in [0, 0.1) is 17.8 Å². The fraction of sp³-hybridized carbons (Fsp3) is 0.833. The lowest BCUT2D eigenvalue weighted by Gasteiger charge is -2.41. The van der Waals surface area contributed by atoms with Crippen LogP contribution in [0.2, 0.25) is 0 Å². The third kappa shape index (κ3) is 4.70. The molecular formula is C18H31NO4. The molecule has 0 unspecified atom stereocenters. The van der Waals surface area contributed by atoms with E-state index in [4.69, 9.17) is 9.47 Å². The van der Waals surface area contributed by atoms with Gasteiger partial charge < -0.3 is 19.9 Å². The largest absolute Gasteiger partial charge is 0.459 e. The van der Waals surface area contributed by atoms with Gasteiger partial charge in [0.1, 0.15) is 0 Å². The highest BCUT2D eigenvalue weighted by molar-refractivity contribution is 5.91. The number of likely N-dealkylation sites (N-methyl/N-ethyl adjacent to an activating group) is 1. The molecule has 1 fully saturated rings. The van der Waals surface area contributed by atoms with E-state index >= 15 is 0 Å². The average molecular weight is 325 g/mol. The van der Waals surface area contributed by atoms with Gasteiger partial charge in [0.2, 0.25) is 6.29 Å². The number of aliphatic hydroxyl groups excluding tert-OH is 1. The van der Waals surface area contributed by atoms with Crippen LogP contribution in [0.4, 0.5) is 0 Å². The van der Waals surface area contributed by atoms with Crippen molar-refractivity contribution in [1.82, 2.24) is 5.32 Å². The first-order valence-corrected chi connectivity index (χ1v) is 9.04. The summed E-state index contributed by atoms with van der Waals surface area (Å²) in [6, 6.07) is 0. The summed E-state index contributed by atoms with van der Waals surface area (Å²) in [6.07, 6.45) is 9.47. The van der Waals surface area contributed by atoms with E-state index in [0.717, 1.165) is 12.8 Å². The lowest BCUT2D eigenvalue weighted by atomic mass is 9.71. The molecular weight excluding hydrogens is 294 g/mol. The van der Waals surface area contributed by atoms with Crippen molar-refractivity contribution in [3.63, 3.8) is 0 Å². The summed E-state index contributed by atoms with van der Waals surface area (Å²) in [5.41, 5.74) is 0. The topological polar surface area (TPSA) is 67.8 Å². The van der Waals surface area contributed by atoms with Gasteiger partial charge in [-0.05, 0) is 50.5 Å². The van der Waals surface area contributed by atoms with Crippen LogP contribution in [0.3, 0.4) is 0 Å². The van der Waals surface area contributed by atoms with E-state index in [2.05, 4.69) is 5.32 Å². The van der Waals surface area contributed by atoms with Crippen molar-refractivity contribution in [3.05, 3.63) is 11.8 Å². The van der Waals surface area contributed by atoms with Crippen LogP contribution in [-0.2, 0) is 14.3 Å². The standard InChI is InChI=1S/C18H31NO4/c1-3-22-18-14(10-7-11-20)15(13-8-5-4-6-9-13)12-16(23-18)17(21)19-2/h12-15,18,20H,3-11H2,1-2H3,(H,19,21)/t14-,15-,18-/m0/s1. The van der Waals surface area contributed by atoms with Gasteiger partial charge in [-0.1, -0.05) is 19.3 Å². The minimum atomic E-state index is -0.393. The highest BCUT2D eigenvalue weighted by Gasteiger charge is 2.40. The van der Waals surface area contributed by atoms with E-state index < -0.39 is 6.29 Å². The SMILES string of the molecule is CCO[C@H]1OC(C(=O)NC)=C[C@@H](C2CCCCC2)[C@@H]1CCCO. The van der Waals surface area contributed by atoms with Gasteiger partial charge >= 0.3 is 0 Å². The molecule has 0 aromatic rings. The van der Waals surface area contributed by atoms with Gasteiger partial charge in [-0.15, -0.1) is 0 Å². The van der Waals surface area contributed by atoms with E-state index in [1.54, 1.807) is 7.05 Å². The summed E-state index contributed by atoms with van der Waals surface area (Å²) in [4.78, 5) is 12.1. The molecule has 0 radical (unpaired) electrons. The molecule has 3 atom stereocenters. The van der Waals surface area contributed by atoms with E-state index in [1.807, 2.05) is 13.0 Å². The van der Waals surface area contributed by atoms with Gasteiger partial charge in [-0.25, -0.2) is 0 Å². The Hall–Kier alpha value is -1.07. The van der Waals surface area contributed by atoms with Gasteiger partial charge in [0.15, 0.2) is 5.76 Å². The molecule has 5 heteroatoms. The van der Waals surface area contributed by atoms with Crippen LogP contribution in [0.15, 0.2) is 11.8 Å². The minimum Gasteiger partial charge on any atom is -0.459 e. The van der Waals surface area contributed by atoms with Gasteiger partial charge in [-0.2, -0.15) is 0 Å². The first-order valence-electron chi connectivity index (χ1n) is 9.04. The molecule has 0 bridgehead atoms. The van der Waals surface area contributed by atoms with Crippen LogP contribution in [0.1, 0.15) is 51.9 Å². The molecule has 2 aliphatic rings. The Labute approximate surface area is 139 Å². The fourth-order valence-electron chi connectivity index (χ4n) is 3.97. The van der Waals surface area contributed by atoms with Crippen molar-refractivity contribution < 1.29 is 19.4 Å². The van der Waals surface area contributed by atoms with Crippen LogP contribution in [0.5, 0.6) is 0 Å². The zero-order chi connectivity index (χ0) is 16.7. The Morgan fingerprint density at radius 1 is 1.39 bits per heavy atom. The van der Waals surface area contributed by atoms with Gasteiger partial charge in [-0.3, -0.25) is 4.79 Å². The number of amides is 1. The maximum absolute atomic E-state index is 12.1. The second-order valence-electron chi connectivity index (χ2n) is 6.56. The summed E-state index contributed by atoms with van der Waals surface area (Å²) < 4.78 is 11.7. The number of hydrogen-bond acceptors (Lipinski definition) is 4. The Balaban J connectivity index is 2.24. The third-order valence-corrected chi connectivity index (χ3v) is 5.10. The molecule has 0 saturated heterocycles. The van der Waals surface area contributed by atoms with Crippen molar-refractivity contribution in [1.29, 1.82) is 0 Å². The molecule has 2 N–H and O–H groups in total.